The van der Waals surface area contributed by atoms with Gasteiger partial charge in [0.25, 0.3) is 0 Å². The van der Waals surface area contributed by atoms with E-state index >= 15 is 0 Å². The summed E-state index contributed by atoms with van der Waals surface area (Å²) in [5, 5.41) is 11.1. The van der Waals surface area contributed by atoms with Crippen LogP contribution in [0.5, 0.6) is 0 Å². The van der Waals surface area contributed by atoms with Crippen molar-refractivity contribution in [2.75, 3.05) is 0 Å². The molecule has 0 radical (unpaired) electrons. The number of hydrogen-bond donors (Lipinski definition) is 1. The van der Waals surface area contributed by atoms with Gasteiger partial charge in [-0.25, -0.2) is 0 Å². The molecule has 0 spiro atoms. The lowest BCUT2D eigenvalue weighted by Gasteiger charge is -2.10. The number of aliphatic hydroxyl groups is 1. The zero-order chi connectivity index (χ0) is 13.4. The van der Waals surface area contributed by atoms with Crippen molar-refractivity contribution < 1.29 is 5.11 Å². The van der Waals surface area contributed by atoms with E-state index in [2.05, 4.69) is 56.7 Å². The Morgan fingerprint density at radius 2 is 1.72 bits per heavy atom. The molecule has 1 unspecified atom stereocenters. The molecule has 0 aliphatic heterocycles. The molecule has 18 heavy (non-hydrogen) atoms. The molecule has 0 amide bonds. The highest BCUT2D eigenvalue weighted by atomic mass is 16.3. The Hall–Kier alpha value is -1.28. The van der Waals surface area contributed by atoms with Crippen LogP contribution in [0.4, 0.5) is 0 Å². The summed E-state index contributed by atoms with van der Waals surface area (Å²) in [5.41, 5.74) is 3.57. The maximum atomic E-state index is 9.93. The second-order valence-electron chi connectivity index (χ2n) is 5.69. The summed E-state index contributed by atoms with van der Waals surface area (Å²) in [4.78, 5) is 0. The van der Waals surface area contributed by atoms with Crippen LogP contribution in [0.1, 0.15) is 63.8 Å². The maximum absolute atomic E-state index is 9.93. The highest BCUT2D eigenvalue weighted by Crippen LogP contribution is 2.31. The van der Waals surface area contributed by atoms with E-state index in [1.807, 2.05) is 6.92 Å². The molecule has 1 aromatic heterocycles. The van der Waals surface area contributed by atoms with Crippen molar-refractivity contribution in [3.8, 4) is 0 Å². The Kier molecular flexibility index (Phi) is 3.49. The number of aliphatic hydroxyl groups excluding tert-OH is 1. The largest absolute Gasteiger partial charge is 0.389 e. The molecule has 2 rings (SSSR count). The fraction of sp³-hybridized carbons (Fsp3) is 0.500. The molecule has 0 aliphatic rings. The first-order chi connectivity index (χ1) is 8.41. The highest BCUT2D eigenvalue weighted by Gasteiger charge is 2.14. The van der Waals surface area contributed by atoms with E-state index in [1.165, 1.54) is 16.5 Å². The Morgan fingerprint density at radius 3 is 2.22 bits per heavy atom. The Morgan fingerprint density at radius 1 is 1.06 bits per heavy atom. The average molecular weight is 245 g/mol. The van der Waals surface area contributed by atoms with E-state index in [0.29, 0.717) is 12.0 Å². The maximum Gasteiger partial charge on any atom is 0.0782 e. The minimum atomic E-state index is -0.421. The highest BCUT2D eigenvalue weighted by molar-refractivity contribution is 5.85. The lowest BCUT2D eigenvalue weighted by atomic mass is 9.99. The fourth-order valence-corrected chi connectivity index (χ4v) is 2.42. The van der Waals surface area contributed by atoms with Crippen molar-refractivity contribution in [2.45, 2.75) is 52.7 Å². The van der Waals surface area contributed by atoms with Crippen molar-refractivity contribution in [1.82, 2.24) is 4.57 Å². The van der Waals surface area contributed by atoms with Gasteiger partial charge in [-0.1, -0.05) is 19.9 Å². The first kappa shape index (κ1) is 13.2. The van der Waals surface area contributed by atoms with Crippen LogP contribution >= 0.6 is 0 Å². The summed E-state index contributed by atoms with van der Waals surface area (Å²) in [5.74, 6) is 0.513. The Bertz CT molecular complexity index is 549. The summed E-state index contributed by atoms with van der Waals surface area (Å²) in [6, 6.07) is 7.00. The summed E-state index contributed by atoms with van der Waals surface area (Å²) in [6.45, 7) is 10.6. The molecule has 1 heterocycles. The van der Waals surface area contributed by atoms with Crippen molar-refractivity contribution in [2.24, 2.45) is 0 Å². The second-order valence-corrected chi connectivity index (χ2v) is 5.69. The van der Waals surface area contributed by atoms with E-state index in [9.17, 15) is 5.11 Å². The molecule has 98 valence electrons. The van der Waals surface area contributed by atoms with Gasteiger partial charge in [-0.15, -0.1) is 0 Å². The molecule has 2 aromatic rings. The molecule has 0 saturated heterocycles. The molecule has 2 nitrogen and oxygen atoms in total. The second kappa shape index (κ2) is 4.77. The van der Waals surface area contributed by atoms with Gasteiger partial charge in [0.15, 0.2) is 0 Å². The molecule has 0 fully saturated rings. The predicted molar refractivity (Wildman–Crippen MR) is 77.0 cm³/mol. The fourth-order valence-electron chi connectivity index (χ4n) is 2.42. The van der Waals surface area contributed by atoms with Crippen LogP contribution in [0.2, 0.25) is 0 Å². The van der Waals surface area contributed by atoms with Gasteiger partial charge in [-0.2, -0.15) is 0 Å². The van der Waals surface area contributed by atoms with Crippen molar-refractivity contribution >= 4 is 10.9 Å². The molecule has 0 bridgehead atoms. The predicted octanol–water partition coefficient (Wildman–Crippen LogP) is 4.40. The third kappa shape index (κ3) is 2.17. The van der Waals surface area contributed by atoms with Gasteiger partial charge in [0, 0.05) is 28.7 Å². The van der Waals surface area contributed by atoms with Crippen molar-refractivity contribution in [1.29, 1.82) is 0 Å². The third-order valence-corrected chi connectivity index (χ3v) is 3.56. The lowest BCUT2D eigenvalue weighted by Crippen LogP contribution is -1.98. The molecule has 0 saturated carbocycles. The standard InChI is InChI=1S/C16H23NO/c1-10(2)13-6-7-16-14(8-13)15(12(5)18)9-17(16)11(3)4/h6-12,18H,1-5H3. The van der Waals surface area contributed by atoms with Crippen LogP contribution in [0.15, 0.2) is 24.4 Å². The average Bonchev–Trinajstić information content (AvgIpc) is 2.67. The van der Waals surface area contributed by atoms with Crippen LogP contribution < -0.4 is 0 Å². The van der Waals surface area contributed by atoms with Gasteiger partial charge < -0.3 is 9.67 Å². The van der Waals surface area contributed by atoms with Gasteiger partial charge in [0.2, 0.25) is 0 Å². The number of nitrogens with zero attached hydrogens (tertiary/aromatic N) is 1. The van der Waals surface area contributed by atoms with Gasteiger partial charge in [0.1, 0.15) is 0 Å². The molecule has 1 atom stereocenters. The molecular formula is C16H23NO. The summed E-state index contributed by atoms with van der Waals surface area (Å²) in [6.07, 6.45) is 1.67. The minimum absolute atomic E-state index is 0.407. The summed E-state index contributed by atoms with van der Waals surface area (Å²) >= 11 is 0. The minimum Gasteiger partial charge on any atom is -0.389 e. The summed E-state index contributed by atoms with van der Waals surface area (Å²) < 4.78 is 2.24. The number of benzene rings is 1. The number of rotatable bonds is 3. The zero-order valence-corrected chi connectivity index (χ0v) is 11.9. The summed E-state index contributed by atoms with van der Waals surface area (Å²) in [7, 11) is 0. The monoisotopic (exact) mass is 245 g/mol. The smallest absolute Gasteiger partial charge is 0.0782 e. The van der Waals surface area contributed by atoms with E-state index < -0.39 is 6.10 Å². The van der Waals surface area contributed by atoms with Crippen molar-refractivity contribution in [3.05, 3.63) is 35.5 Å². The molecule has 2 heteroatoms. The first-order valence-corrected chi connectivity index (χ1v) is 6.74. The normalized spacial score (nSPS) is 13.8. The van der Waals surface area contributed by atoms with Crippen LogP contribution in [0.3, 0.4) is 0 Å². The molecular weight excluding hydrogens is 222 g/mol. The SMILES string of the molecule is CC(C)c1ccc2c(c1)c(C(C)O)cn2C(C)C. The number of fused-ring (bicyclic) bond motifs is 1. The van der Waals surface area contributed by atoms with Crippen LogP contribution in [-0.4, -0.2) is 9.67 Å². The van der Waals surface area contributed by atoms with Crippen molar-refractivity contribution in [3.63, 3.8) is 0 Å². The van der Waals surface area contributed by atoms with E-state index in [1.54, 1.807) is 0 Å². The Balaban J connectivity index is 2.71. The quantitative estimate of drug-likeness (QED) is 0.852. The van der Waals surface area contributed by atoms with Gasteiger partial charge in [-0.3, -0.25) is 0 Å². The van der Waals surface area contributed by atoms with Gasteiger partial charge in [0.05, 0.1) is 6.10 Å². The number of hydrogen-bond acceptors (Lipinski definition) is 1. The third-order valence-electron chi connectivity index (χ3n) is 3.56. The van der Waals surface area contributed by atoms with Crippen LogP contribution in [-0.2, 0) is 0 Å². The Labute approximate surface area is 109 Å². The van der Waals surface area contributed by atoms with E-state index in [4.69, 9.17) is 0 Å². The molecule has 0 aliphatic carbocycles. The van der Waals surface area contributed by atoms with Crippen LogP contribution in [0.25, 0.3) is 10.9 Å². The molecule has 1 N–H and O–H groups in total. The van der Waals surface area contributed by atoms with Crippen LogP contribution in [0, 0.1) is 0 Å². The number of aromatic nitrogens is 1. The lowest BCUT2D eigenvalue weighted by molar-refractivity contribution is 0.200. The first-order valence-electron chi connectivity index (χ1n) is 6.74. The zero-order valence-electron chi connectivity index (χ0n) is 11.9. The van der Waals surface area contributed by atoms with E-state index in [0.717, 1.165) is 5.56 Å². The topological polar surface area (TPSA) is 25.2 Å². The van der Waals surface area contributed by atoms with Gasteiger partial charge in [-0.05, 0) is 44.4 Å². The van der Waals surface area contributed by atoms with Gasteiger partial charge >= 0.3 is 0 Å². The van der Waals surface area contributed by atoms with E-state index in [-0.39, 0.29) is 0 Å². The molecule has 1 aromatic carbocycles.